The van der Waals surface area contributed by atoms with Gasteiger partial charge in [-0.3, -0.25) is 9.19 Å². The summed E-state index contributed by atoms with van der Waals surface area (Å²) in [6.45, 7) is 1.97. The van der Waals surface area contributed by atoms with Gasteiger partial charge in [0, 0.05) is 40.7 Å². The Hall–Kier alpha value is -1.01. The van der Waals surface area contributed by atoms with Gasteiger partial charge in [-0.15, -0.1) is 0 Å². The number of thiocarbonyl (C=S) groups is 1. The summed E-state index contributed by atoms with van der Waals surface area (Å²) in [6, 6.07) is 3.75. The van der Waals surface area contributed by atoms with Crippen molar-refractivity contribution in [2.75, 3.05) is 17.3 Å². The van der Waals surface area contributed by atoms with Crippen molar-refractivity contribution < 1.29 is 4.21 Å². The Balaban J connectivity index is 2.70. The molecule has 1 aromatic rings. The molecule has 0 fully saturated rings. The maximum atomic E-state index is 11.0. The second-order valence-electron chi connectivity index (χ2n) is 3.58. The van der Waals surface area contributed by atoms with Gasteiger partial charge >= 0.3 is 0 Å². The number of hydrogen-bond donors (Lipinski definition) is 2. The van der Waals surface area contributed by atoms with Gasteiger partial charge in [0.25, 0.3) is 0 Å². The highest BCUT2D eigenvalue weighted by Crippen LogP contribution is 2.09. The van der Waals surface area contributed by atoms with Crippen LogP contribution in [0.25, 0.3) is 0 Å². The molecule has 16 heavy (non-hydrogen) atoms. The zero-order valence-corrected chi connectivity index (χ0v) is 10.9. The van der Waals surface area contributed by atoms with Crippen molar-refractivity contribution in [3.05, 3.63) is 24.0 Å². The Bertz CT molecular complexity index is 409. The van der Waals surface area contributed by atoms with E-state index in [0.717, 1.165) is 5.69 Å². The van der Waals surface area contributed by atoms with Crippen LogP contribution in [0, 0.1) is 0 Å². The fraction of sp³-hybridized carbons (Fsp3) is 0.400. The summed E-state index contributed by atoms with van der Waals surface area (Å²) in [5.74, 6) is 0.602. The molecule has 1 rings (SSSR count). The van der Waals surface area contributed by atoms with Crippen LogP contribution in [0.4, 0.5) is 5.69 Å². The monoisotopic (exact) mass is 257 g/mol. The quantitative estimate of drug-likeness (QED) is 0.767. The molecule has 0 aromatic carbocycles. The standard InChI is InChI=1S/C10H15N3OS2/c1-7(6-16(2)14)13-8-3-4-12-9(5-8)10(11)15/h3-5,7H,6H2,1-2H3,(H2,11,15)(H,12,13). The topological polar surface area (TPSA) is 68.0 Å². The van der Waals surface area contributed by atoms with Crippen LogP contribution in [-0.2, 0) is 10.8 Å². The fourth-order valence-electron chi connectivity index (χ4n) is 1.33. The molecular formula is C10H15N3OS2. The molecule has 88 valence electrons. The smallest absolute Gasteiger partial charge is 0.122 e. The second kappa shape index (κ2) is 5.91. The zero-order valence-electron chi connectivity index (χ0n) is 9.27. The van der Waals surface area contributed by atoms with Crippen molar-refractivity contribution in [2.45, 2.75) is 13.0 Å². The number of rotatable bonds is 5. The predicted molar refractivity (Wildman–Crippen MR) is 72.1 cm³/mol. The minimum Gasteiger partial charge on any atom is -0.388 e. The number of nitrogens with zero attached hydrogens (tertiary/aromatic N) is 1. The van der Waals surface area contributed by atoms with Crippen LogP contribution in [0.2, 0.25) is 0 Å². The minimum atomic E-state index is -0.812. The molecule has 6 heteroatoms. The van der Waals surface area contributed by atoms with Crippen LogP contribution in [0.1, 0.15) is 12.6 Å². The maximum Gasteiger partial charge on any atom is 0.122 e. The number of nitrogens with two attached hydrogens (primary N) is 1. The Labute approximate surface area is 103 Å². The van der Waals surface area contributed by atoms with Gasteiger partial charge in [-0.1, -0.05) is 12.2 Å². The van der Waals surface area contributed by atoms with Gasteiger partial charge in [0.05, 0.1) is 5.69 Å². The van der Waals surface area contributed by atoms with Crippen LogP contribution in [0.3, 0.4) is 0 Å². The van der Waals surface area contributed by atoms with Gasteiger partial charge in [-0.2, -0.15) is 0 Å². The lowest BCUT2D eigenvalue weighted by molar-refractivity contribution is 0.683. The average Bonchev–Trinajstić information content (AvgIpc) is 2.16. The van der Waals surface area contributed by atoms with E-state index in [1.807, 2.05) is 13.0 Å². The molecule has 0 aliphatic carbocycles. The molecule has 3 N–H and O–H groups in total. The number of aromatic nitrogens is 1. The van der Waals surface area contributed by atoms with E-state index in [0.29, 0.717) is 11.4 Å². The van der Waals surface area contributed by atoms with Gasteiger partial charge in [0.1, 0.15) is 4.99 Å². The van der Waals surface area contributed by atoms with E-state index in [-0.39, 0.29) is 11.0 Å². The van der Waals surface area contributed by atoms with Crippen LogP contribution >= 0.6 is 12.2 Å². The molecule has 4 nitrogen and oxygen atoms in total. The van der Waals surface area contributed by atoms with E-state index in [4.69, 9.17) is 18.0 Å². The summed E-state index contributed by atoms with van der Waals surface area (Å²) < 4.78 is 11.0. The number of anilines is 1. The molecule has 2 atom stereocenters. The summed E-state index contributed by atoms with van der Waals surface area (Å²) in [5.41, 5.74) is 6.96. The first kappa shape index (κ1) is 13.1. The SMILES string of the molecule is CC(CS(C)=O)Nc1ccnc(C(N)=S)c1. The van der Waals surface area contributed by atoms with Gasteiger partial charge in [-0.25, -0.2) is 0 Å². The van der Waals surface area contributed by atoms with Gasteiger partial charge < -0.3 is 11.1 Å². The van der Waals surface area contributed by atoms with E-state index in [1.165, 1.54) is 0 Å². The third kappa shape index (κ3) is 4.24. The molecule has 2 unspecified atom stereocenters. The Morgan fingerprint density at radius 2 is 2.44 bits per heavy atom. The van der Waals surface area contributed by atoms with Gasteiger partial charge in [-0.05, 0) is 19.1 Å². The van der Waals surface area contributed by atoms with Crippen LogP contribution < -0.4 is 11.1 Å². The molecule has 0 saturated carbocycles. The molecule has 0 bridgehead atoms. The highest BCUT2D eigenvalue weighted by Gasteiger charge is 2.05. The molecule has 1 heterocycles. The number of hydrogen-bond acceptors (Lipinski definition) is 4. The van der Waals surface area contributed by atoms with E-state index < -0.39 is 10.8 Å². The lowest BCUT2D eigenvalue weighted by Gasteiger charge is -2.14. The Morgan fingerprint density at radius 3 is 3.00 bits per heavy atom. The molecule has 0 saturated heterocycles. The van der Waals surface area contributed by atoms with Crippen LogP contribution in [0.5, 0.6) is 0 Å². The van der Waals surface area contributed by atoms with E-state index in [2.05, 4.69) is 10.3 Å². The number of pyridine rings is 1. The number of nitrogens with one attached hydrogen (secondary N) is 1. The highest BCUT2D eigenvalue weighted by molar-refractivity contribution is 7.84. The summed E-state index contributed by atoms with van der Waals surface area (Å²) in [4.78, 5) is 4.31. The van der Waals surface area contributed by atoms with Crippen molar-refractivity contribution in [3.63, 3.8) is 0 Å². The molecule has 0 aliphatic rings. The van der Waals surface area contributed by atoms with E-state index >= 15 is 0 Å². The third-order valence-electron chi connectivity index (χ3n) is 1.91. The first-order valence-corrected chi connectivity index (χ1v) is 6.95. The van der Waals surface area contributed by atoms with E-state index in [1.54, 1.807) is 18.5 Å². The zero-order chi connectivity index (χ0) is 12.1. The van der Waals surface area contributed by atoms with Crippen molar-refractivity contribution in [1.29, 1.82) is 0 Å². The largest absolute Gasteiger partial charge is 0.388 e. The van der Waals surface area contributed by atoms with Crippen molar-refractivity contribution >= 4 is 33.7 Å². The molecule has 1 aromatic heterocycles. The normalized spacial score (nSPS) is 14.1. The Morgan fingerprint density at radius 1 is 1.75 bits per heavy atom. The highest BCUT2D eigenvalue weighted by atomic mass is 32.2. The van der Waals surface area contributed by atoms with Crippen molar-refractivity contribution in [1.82, 2.24) is 4.98 Å². The first-order chi connectivity index (χ1) is 7.49. The second-order valence-corrected chi connectivity index (χ2v) is 5.50. The van der Waals surface area contributed by atoms with E-state index in [9.17, 15) is 4.21 Å². The molecule has 0 amide bonds. The van der Waals surface area contributed by atoms with Crippen LogP contribution in [0.15, 0.2) is 18.3 Å². The molecule has 0 aliphatic heterocycles. The Kier molecular flexibility index (Phi) is 4.82. The van der Waals surface area contributed by atoms with Crippen molar-refractivity contribution in [2.24, 2.45) is 5.73 Å². The lowest BCUT2D eigenvalue weighted by atomic mass is 10.3. The molecule has 0 radical (unpaired) electrons. The average molecular weight is 257 g/mol. The minimum absolute atomic E-state index is 0.132. The summed E-state index contributed by atoms with van der Waals surface area (Å²) in [7, 11) is -0.812. The molecular weight excluding hydrogens is 242 g/mol. The fourth-order valence-corrected chi connectivity index (χ4v) is 2.23. The van der Waals surface area contributed by atoms with Crippen LogP contribution in [-0.4, -0.2) is 32.2 Å². The third-order valence-corrected chi connectivity index (χ3v) is 3.09. The summed E-state index contributed by atoms with van der Waals surface area (Å²) >= 11 is 4.84. The molecule has 0 spiro atoms. The first-order valence-electron chi connectivity index (χ1n) is 4.81. The summed E-state index contributed by atoms with van der Waals surface area (Å²) in [6.07, 6.45) is 3.33. The summed E-state index contributed by atoms with van der Waals surface area (Å²) in [5, 5.41) is 3.22. The van der Waals surface area contributed by atoms with Crippen molar-refractivity contribution in [3.8, 4) is 0 Å². The van der Waals surface area contributed by atoms with Gasteiger partial charge in [0.15, 0.2) is 0 Å². The van der Waals surface area contributed by atoms with Gasteiger partial charge in [0.2, 0.25) is 0 Å². The maximum absolute atomic E-state index is 11.0. The predicted octanol–water partition coefficient (Wildman–Crippen LogP) is 0.895. The lowest BCUT2D eigenvalue weighted by Crippen LogP contribution is -2.22.